The van der Waals surface area contributed by atoms with Crippen molar-refractivity contribution >= 4 is 11.6 Å². The molecule has 0 fully saturated rings. The Bertz CT molecular complexity index is 437. The summed E-state index contributed by atoms with van der Waals surface area (Å²) >= 11 is 0. The van der Waals surface area contributed by atoms with Gasteiger partial charge >= 0.3 is 0 Å². The lowest BCUT2D eigenvalue weighted by atomic mass is 10.3. The first-order valence-corrected chi connectivity index (χ1v) is 5.13. The fourth-order valence-corrected chi connectivity index (χ4v) is 1.22. The van der Waals surface area contributed by atoms with Crippen molar-refractivity contribution in [2.24, 2.45) is 0 Å². The van der Waals surface area contributed by atoms with Crippen molar-refractivity contribution in [2.75, 3.05) is 12.8 Å². The molecule has 0 aliphatic rings. The van der Waals surface area contributed by atoms with E-state index in [1.807, 2.05) is 13.8 Å². The number of nitrogens with zero attached hydrogens (tertiary/aromatic N) is 2. The number of nitrogens with two attached hydrogens (primary N) is 1. The number of amides is 1. The van der Waals surface area contributed by atoms with Crippen molar-refractivity contribution in [1.82, 2.24) is 9.47 Å². The molecule has 0 aliphatic carbocycles. The van der Waals surface area contributed by atoms with Gasteiger partial charge in [0.2, 0.25) is 5.91 Å². The van der Waals surface area contributed by atoms with Crippen molar-refractivity contribution in [3.05, 3.63) is 28.7 Å². The fraction of sp³-hybridized carbons (Fsp3) is 0.455. The van der Waals surface area contributed by atoms with Crippen molar-refractivity contribution < 1.29 is 4.79 Å². The van der Waals surface area contributed by atoms with Gasteiger partial charge < -0.3 is 15.2 Å². The maximum Gasteiger partial charge on any atom is 0.251 e. The lowest BCUT2D eigenvalue weighted by Crippen LogP contribution is -2.37. The fourth-order valence-electron chi connectivity index (χ4n) is 1.22. The highest BCUT2D eigenvalue weighted by Gasteiger charge is 2.12. The van der Waals surface area contributed by atoms with Crippen LogP contribution in [0.3, 0.4) is 0 Å². The van der Waals surface area contributed by atoms with Crippen LogP contribution in [0.4, 0.5) is 5.69 Å². The van der Waals surface area contributed by atoms with Gasteiger partial charge in [-0.1, -0.05) is 0 Å². The number of rotatable bonds is 3. The van der Waals surface area contributed by atoms with Crippen LogP contribution in [-0.2, 0) is 11.3 Å². The van der Waals surface area contributed by atoms with E-state index in [4.69, 9.17) is 5.73 Å². The molecule has 88 valence electrons. The van der Waals surface area contributed by atoms with Gasteiger partial charge in [0, 0.05) is 31.0 Å². The van der Waals surface area contributed by atoms with Gasteiger partial charge in [-0.3, -0.25) is 9.59 Å². The Morgan fingerprint density at radius 2 is 2.12 bits per heavy atom. The number of likely N-dealkylation sites (N-methyl/N-ethyl adjacent to an activating group) is 1. The van der Waals surface area contributed by atoms with Gasteiger partial charge in [0.15, 0.2) is 0 Å². The summed E-state index contributed by atoms with van der Waals surface area (Å²) in [6, 6.07) is 3.00. The molecular weight excluding hydrogens is 206 g/mol. The van der Waals surface area contributed by atoms with Gasteiger partial charge in [0.1, 0.15) is 6.54 Å². The van der Waals surface area contributed by atoms with Crippen molar-refractivity contribution in [2.45, 2.75) is 26.4 Å². The Morgan fingerprint density at radius 3 is 2.69 bits per heavy atom. The van der Waals surface area contributed by atoms with Crippen LogP contribution in [0.25, 0.3) is 0 Å². The zero-order valence-corrected chi connectivity index (χ0v) is 9.80. The molecule has 1 heterocycles. The number of hydrogen-bond acceptors (Lipinski definition) is 3. The van der Waals surface area contributed by atoms with Crippen LogP contribution in [0, 0.1) is 0 Å². The summed E-state index contributed by atoms with van der Waals surface area (Å²) in [5.41, 5.74) is 5.80. The van der Waals surface area contributed by atoms with Gasteiger partial charge in [-0.15, -0.1) is 0 Å². The molecule has 0 aromatic carbocycles. The van der Waals surface area contributed by atoms with Gasteiger partial charge in [0.25, 0.3) is 5.56 Å². The normalized spacial score (nSPS) is 10.5. The van der Waals surface area contributed by atoms with Crippen LogP contribution >= 0.6 is 0 Å². The zero-order chi connectivity index (χ0) is 12.3. The number of carbonyl (C=O) groups is 1. The van der Waals surface area contributed by atoms with E-state index in [2.05, 4.69) is 0 Å². The Hall–Kier alpha value is -1.78. The Labute approximate surface area is 94.5 Å². The van der Waals surface area contributed by atoms with E-state index in [-0.39, 0.29) is 24.1 Å². The van der Waals surface area contributed by atoms with Crippen LogP contribution in [0.15, 0.2) is 23.1 Å². The molecule has 0 radical (unpaired) electrons. The maximum atomic E-state index is 11.7. The predicted octanol–water partition coefficient (Wildman–Crippen LogP) is 0.297. The van der Waals surface area contributed by atoms with Gasteiger partial charge in [0.05, 0.1) is 0 Å². The lowest BCUT2D eigenvalue weighted by molar-refractivity contribution is -0.132. The molecular formula is C11H17N3O2. The molecule has 0 bridgehead atoms. The van der Waals surface area contributed by atoms with Crippen molar-refractivity contribution in [3.8, 4) is 0 Å². The SMILES string of the molecule is CC(C)N(C)C(=O)Cn1cc(N)ccc1=O. The third kappa shape index (κ3) is 2.85. The third-order valence-electron chi connectivity index (χ3n) is 2.48. The number of hydrogen-bond donors (Lipinski definition) is 1. The molecule has 0 spiro atoms. The molecule has 1 aromatic rings. The number of anilines is 1. The molecule has 1 rings (SSSR count). The summed E-state index contributed by atoms with van der Waals surface area (Å²) in [7, 11) is 1.71. The third-order valence-corrected chi connectivity index (χ3v) is 2.48. The quantitative estimate of drug-likeness (QED) is 0.801. The van der Waals surface area contributed by atoms with E-state index < -0.39 is 0 Å². The molecule has 5 heteroatoms. The highest BCUT2D eigenvalue weighted by molar-refractivity contribution is 5.76. The second kappa shape index (κ2) is 4.83. The number of pyridine rings is 1. The van der Waals surface area contributed by atoms with Crippen LogP contribution < -0.4 is 11.3 Å². The molecule has 0 unspecified atom stereocenters. The Morgan fingerprint density at radius 1 is 1.50 bits per heavy atom. The van der Waals surface area contributed by atoms with Crippen molar-refractivity contribution in [1.29, 1.82) is 0 Å². The summed E-state index contributed by atoms with van der Waals surface area (Å²) in [6.45, 7) is 3.86. The number of carbonyl (C=O) groups excluding carboxylic acids is 1. The average Bonchev–Trinajstić information content (AvgIpc) is 2.22. The molecule has 1 aromatic heterocycles. The van der Waals surface area contributed by atoms with E-state index in [0.717, 1.165) is 0 Å². The Balaban J connectivity index is 2.85. The monoisotopic (exact) mass is 223 g/mol. The first kappa shape index (κ1) is 12.3. The van der Waals surface area contributed by atoms with Crippen LogP contribution in [0.5, 0.6) is 0 Å². The first-order valence-electron chi connectivity index (χ1n) is 5.13. The molecule has 0 aliphatic heterocycles. The smallest absolute Gasteiger partial charge is 0.251 e. The van der Waals surface area contributed by atoms with E-state index in [0.29, 0.717) is 5.69 Å². The molecule has 0 atom stereocenters. The predicted molar refractivity (Wildman–Crippen MR) is 63.0 cm³/mol. The standard InChI is InChI=1S/C11H17N3O2/c1-8(2)13(3)11(16)7-14-6-9(12)4-5-10(14)15/h4-6,8H,7,12H2,1-3H3. The van der Waals surface area contributed by atoms with E-state index >= 15 is 0 Å². The van der Waals surface area contributed by atoms with Crippen molar-refractivity contribution in [3.63, 3.8) is 0 Å². The van der Waals surface area contributed by atoms with Gasteiger partial charge in [-0.05, 0) is 19.9 Å². The van der Waals surface area contributed by atoms with E-state index in [1.54, 1.807) is 11.9 Å². The Kier molecular flexibility index (Phi) is 3.71. The molecule has 2 N–H and O–H groups in total. The van der Waals surface area contributed by atoms with E-state index in [1.165, 1.54) is 22.9 Å². The summed E-state index contributed by atoms with van der Waals surface area (Å²) in [4.78, 5) is 24.8. The molecule has 16 heavy (non-hydrogen) atoms. The highest BCUT2D eigenvalue weighted by Crippen LogP contribution is 1.99. The summed E-state index contributed by atoms with van der Waals surface area (Å²) in [5, 5.41) is 0. The van der Waals surface area contributed by atoms with Crippen LogP contribution in [0.1, 0.15) is 13.8 Å². The minimum atomic E-state index is -0.222. The van der Waals surface area contributed by atoms with Gasteiger partial charge in [-0.25, -0.2) is 0 Å². The highest BCUT2D eigenvalue weighted by atomic mass is 16.2. The largest absolute Gasteiger partial charge is 0.398 e. The minimum absolute atomic E-state index is 0.0263. The average molecular weight is 223 g/mol. The second-order valence-electron chi connectivity index (χ2n) is 4.03. The van der Waals surface area contributed by atoms with Crippen LogP contribution in [-0.4, -0.2) is 28.5 Å². The second-order valence-corrected chi connectivity index (χ2v) is 4.03. The van der Waals surface area contributed by atoms with Crippen LogP contribution in [0.2, 0.25) is 0 Å². The summed E-state index contributed by atoms with van der Waals surface area (Å²) < 4.78 is 1.32. The lowest BCUT2D eigenvalue weighted by Gasteiger charge is -2.21. The number of nitrogen functional groups attached to an aromatic ring is 1. The minimum Gasteiger partial charge on any atom is -0.398 e. The molecule has 0 saturated heterocycles. The molecule has 1 amide bonds. The summed E-state index contributed by atoms with van der Waals surface area (Å²) in [5.74, 6) is -0.109. The van der Waals surface area contributed by atoms with E-state index in [9.17, 15) is 9.59 Å². The topological polar surface area (TPSA) is 68.3 Å². The number of aromatic nitrogens is 1. The molecule has 5 nitrogen and oxygen atoms in total. The van der Waals surface area contributed by atoms with Gasteiger partial charge in [-0.2, -0.15) is 0 Å². The molecule has 0 saturated carbocycles. The summed E-state index contributed by atoms with van der Waals surface area (Å²) in [6.07, 6.45) is 1.48. The maximum absolute atomic E-state index is 11.7. The zero-order valence-electron chi connectivity index (χ0n) is 9.80. The first-order chi connectivity index (χ1) is 7.41.